The predicted octanol–water partition coefficient (Wildman–Crippen LogP) is 3.34. The van der Waals surface area contributed by atoms with Crippen LogP contribution in [-0.2, 0) is 11.2 Å². The fourth-order valence-electron chi connectivity index (χ4n) is 3.66. The first-order valence-corrected chi connectivity index (χ1v) is 8.16. The Labute approximate surface area is 127 Å². The molecule has 1 aromatic carbocycles. The van der Waals surface area contributed by atoms with Crippen molar-refractivity contribution in [3.05, 3.63) is 29.8 Å². The number of benzene rings is 1. The molecule has 1 N–H and O–H groups in total. The molecule has 0 radical (unpaired) electrons. The Morgan fingerprint density at radius 3 is 2.71 bits per heavy atom. The van der Waals surface area contributed by atoms with Gasteiger partial charge >= 0.3 is 0 Å². The van der Waals surface area contributed by atoms with Gasteiger partial charge in [-0.3, -0.25) is 0 Å². The highest BCUT2D eigenvalue weighted by atomic mass is 16.5. The van der Waals surface area contributed by atoms with E-state index >= 15 is 0 Å². The Morgan fingerprint density at radius 2 is 2.10 bits per heavy atom. The zero-order valence-corrected chi connectivity index (χ0v) is 12.9. The third-order valence-electron chi connectivity index (χ3n) is 5.23. The van der Waals surface area contributed by atoms with Crippen LogP contribution in [0.3, 0.4) is 0 Å². The fraction of sp³-hybridized carbons (Fsp3) is 0.667. The molecule has 1 aliphatic heterocycles. The van der Waals surface area contributed by atoms with Crippen molar-refractivity contribution < 1.29 is 14.6 Å². The van der Waals surface area contributed by atoms with Crippen LogP contribution in [0.25, 0.3) is 0 Å². The fourth-order valence-corrected chi connectivity index (χ4v) is 3.66. The van der Waals surface area contributed by atoms with Crippen LogP contribution in [0.4, 0.5) is 0 Å². The Bertz CT molecular complexity index is 450. The van der Waals surface area contributed by atoms with Crippen LogP contribution in [-0.4, -0.2) is 30.5 Å². The molecule has 1 heterocycles. The molecule has 1 aromatic rings. The molecule has 1 aliphatic carbocycles. The highest BCUT2D eigenvalue weighted by Gasteiger charge is 2.43. The van der Waals surface area contributed by atoms with Gasteiger partial charge in [0.05, 0.1) is 18.8 Å². The van der Waals surface area contributed by atoms with Crippen LogP contribution in [0.1, 0.15) is 44.1 Å². The van der Waals surface area contributed by atoms with Crippen molar-refractivity contribution in [3.8, 4) is 5.75 Å². The van der Waals surface area contributed by atoms with Crippen LogP contribution >= 0.6 is 0 Å². The molecule has 21 heavy (non-hydrogen) atoms. The van der Waals surface area contributed by atoms with Gasteiger partial charge in [0.15, 0.2) is 0 Å². The van der Waals surface area contributed by atoms with E-state index in [0.717, 1.165) is 38.0 Å². The van der Waals surface area contributed by atoms with E-state index in [4.69, 9.17) is 9.47 Å². The molecule has 3 nitrogen and oxygen atoms in total. The van der Waals surface area contributed by atoms with Crippen LogP contribution in [0, 0.1) is 5.92 Å². The molecule has 3 heteroatoms. The van der Waals surface area contributed by atoms with Gasteiger partial charge in [-0.05, 0) is 68.6 Å². The van der Waals surface area contributed by atoms with Crippen molar-refractivity contribution in [2.24, 2.45) is 5.92 Å². The summed E-state index contributed by atoms with van der Waals surface area (Å²) < 4.78 is 11.1. The van der Waals surface area contributed by atoms with E-state index in [1.807, 2.05) is 12.1 Å². The molecule has 1 saturated heterocycles. The Morgan fingerprint density at radius 1 is 1.33 bits per heavy atom. The summed E-state index contributed by atoms with van der Waals surface area (Å²) in [5, 5.41) is 10.5. The van der Waals surface area contributed by atoms with E-state index in [1.54, 1.807) is 7.11 Å². The van der Waals surface area contributed by atoms with E-state index in [0.29, 0.717) is 5.92 Å². The number of aliphatic hydroxyl groups excluding tert-OH is 1. The molecular formula is C18H26O3. The zero-order chi connectivity index (χ0) is 14.7. The second-order valence-electron chi connectivity index (χ2n) is 6.59. The highest BCUT2D eigenvalue weighted by molar-refractivity contribution is 5.27. The van der Waals surface area contributed by atoms with Gasteiger partial charge < -0.3 is 14.6 Å². The van der Waals surface area contributed by atoms with Crippen molar-refractivity contribution >= 4 is 0 Å². The van der Waals surface area contributed by atoms with Crippen molar-refractivity contribution in [2.75, 3.05) is 13.7 Å². The molecule has 2 aliphatic rings. The van der Waals surface area contributed by atoms with Crippen LogP contribution in [0.2, 0.25) is 0 Å². The summed E-state index contributed by atoms with van der Waals surface area (Å²) in [4.78, 5) is 0. The molecule has 2 fully saturated rings. The maximum absolute atomic E-state index is 10.5. The van der Waals surface area contributed by atoms with Gasteiger partial charge in [0.25, 0.3) is 0 Å². The normalized spacial score (nSPS) is 25.3. The number of hydrogen-bond donors (Lipinski definition) is 1. The number of methoxy groups -OCH3 is 1. The molecule has 1 spiro atoms. The second-order valence-corrected chi connectivity index (χ2v) is 6.59. The lowest BCUT2D eigenvalue weighted by molar-refractivity contribution is -0.157. The molecular weight excluding hydrogens is 264 g/mol. The largest absolute Gasteiger partial charge is 0.497 e. The lowest BCUT2D eigenvalue weighted by Crippen LogP contribution is -2.47. The standard InChI is InChI=1S/C18H26O3/c1-20-16-6-3-14(4-7-16)5-8-17(19)15-9-12-21-18(13-15)10-2-11-18/h3-4,6-7,15,17,19H,2,5,8-13H2,1H3. The van der Waals surface area contributed by atoms with E-state index in [2.05, 4.69) is 12.1 Å². The quantitative estimate of drug-likeness (QED) is 0.904. The van der Waals surface area contributed by atoms with Gasteiger partial charge in [-0.1, -0.05) is 12.1 Å². The molecule has 0 aromatic heterocycles. The summed E-state index contributed by atoms with van der Waals surface area (Å²) in [6.45, 7) is 0.824. The maximum Gasteiger partial charge on any atom is 0.118 e. The summed E-state index contributed by atoms with van der Waals surface area (Å²) in [7, 11) is 1.68. The topological polar surface area (TPSA) is 38.7 Å². The van der Waals surface area contributed by atoms with Crippen molar-refractivity contribution in [1.82, 2.24) is 0 Å². The van der Waals surface area contributed by atoms with E-state index in [9.17, 15) is 5.11 Å². The summed E-state index contributed by atoms with van der Waals surface area (Å²) in [6.07, 6.45) is 7.29. The lowest BCUT2D eigenvalue weighted by Gasteiger charge is -2.48. The monoisotopic (exact) mass is 290 g/mol. The summed E-state index contributed by atoms with van der Waals surface area (Å²) in [6, 6.07) is 8.14. The summed E-state index contributed by atoms with van der Waals surface area (Å²) in [5.74, 6) is 1.30. The molecule has 2 unspecified atom stereocenters. The Hall–Kier alpha value is -1.06. The SMILES string of the molecule is COc1ccc(CCC(O)C2CCOC3(CCC3)C2)cc1. The minimum absolute atomic E-state index is 0.129. The van der Waals surface area contributed by atoms with E-state index in [-0.39, 0.29) is 11.7 Å². The van der Waals surface area contributed by atoms with Gasteiger partial charge in [0.2, 0.25) is 0 Å². The second kappa shape index (κ2) is 6.37. The predicted molar refractivity (Wildman–Crippen MR) is 82.6 cm³/mol. The number of aliphatic hydroxyl groups is 1. The molecule has 1 saturated carbocycles. The maximum atomic E-state index is 10.5. The zero-order valence-electron chi connectivity index (χ0n) is 12.9. The number of ether oxygens (including phenoxy) is 2. The first kappa shape index (κ1) is 14.9. The number of rotatable bonds is 5. The molecule has 3 rings (SSSR count). The van der Waals surface area contributed by atoms with Crippen molar-refractivity contribution in [1.29, 1.82) is 0 Å². The minimum Gasteiger partial charge on any atom is -0.497 e. The van der Waals surface area contributed by atoms with Crippen molar-refractivity contribution in [2.45, 2.75) is 56.7 Å². The first-order valence-electron chi connectivity index (χ1n) is 8.16. The third-order valence-corrected chi connectivity index (χ3v) is 5.23. The van der Waals surface area contributed by atoms with Gasteiger partial charge in [-0.15, -0.1) is 0 Å². The van der Waals surface area contributed by atoms with Crippen LogP contribution in [0.5, 0.6) is 5.75 Å². The van der Waals surface area contributed by atoms with Gasteiger partial charge in [-0.25, -0.2) is 0 Å². The van der Waals surface area contributed by atoms with Crippen LogP contribution in [0.15, 0.2) is 24.3 Å². The van der Waals surface area contributed by atoms with Gasteiger partial charge in [-0.2, -0.15) is 0 Å². The average molecular weight is 290 g/mol. The molecule has 0 bridgehead atoms. The highest BCUT2D eigenvalue weighted by Crippen LogP contribution is 2.45. The van der Waals surface area contributed by atoms with Gasteiger partial charge in [0.1, 0.15) is 5.75 Å². The van der Waals surface area contributed by atoms with Gasteiger partial charge in [0, 0.05) is 6.61 Å². The third kappa shape index (κ3) is 3.41. The number of hydrogen-bond acceptors (Lipinski definition) is 3. The summed E-state index contributed by atoms with van der Waals surface area (Å²) in [5.41, 5.74) is 1.39. The smallest absolute Gasteiger partial charge is 0.118 e. The molecule has 0 amide bonds. The molecule has 2 atom stereocenters. The molecule has 116 valence electrons. The Kier molecular flexibility index (Phi) is 4.51. The van der Waals surface area contributed by atoms with Crippen LogP contribution < -0.4 is 4.74 Å². The Balaban J connectivity index is 1.49. The van der Waals surface area contributed by atoms with E-state index in [1.165, 1.54) is 24.8 Å². The van der Waals surface area contributed by atoms with E-state index < -0.39 is 0 Å². The average Bonchev–Trinajstić information content (AvgIpc) is 2.51. The van der Waals surface area contributed by atoms with Crippen molar-refractivity contribution in [3.63, 3.8) is 0 Å². The lowest BCUT2D eigenvalue weighted by atomic mass is 9.70. The first-order chi connectivity index (χ1) is 10.2. The minimum atomic E-state index is -0.200. The summed E-state index contributed by atoms with van der Waals surface area (Å²) >= 11 is 0. The number of aryl methyl sites for hydroxylation is 1.